The molecule has 1 aromatic rings. The van der Waals surface area contributed by atoms with Gasteiger partial charge in [0.15, 0.2) is 0 Å². The van der Waals surface area contributed by atoms with Crippen molar-refractivity contribution in [3.8, 4) is 0 Å². The van der Waals surface area contributed by atoms with Gasteiger partial charge in [0.05, 0.1) is 6.61 Å². The van der Waals surface area contributed by atoms with Crippen molar-refractivity contribution in [2.24, 2.45) is 0 Å². The van der Waals surface area contributed by atoms with Crippen molar-refractivity contribution in [3.63, 3.8) is 0 Å². The van der Waals surface area contributed by atoms with Gasteiger partial charge in [0.1, 0.15) is 0 Å². The highest BCUT2D eigenvalue weighted by Crippen LogP contribution is 2.16. The Hall–Kier alpha value is -1.32. The van der Waals surface area contributed by atoms with Crippen molar-refractivity contribution in [2.75, 3.05) is 19.7 Å². The summed E-state index contributed by atoms with van der Waals surface area (Å²) in [7, 11) is 0. The van der Waals surface area contributed by atoms with E-state index in [0.717, 1.165) is 5.56 Å². The van der Waals surface area contributed by atoms with Crippen LogP contribution in [0.2, 0.25) is 5.02 Å². The summed E-state index contributed by atoms with van der Waals surface area (Å²) in [6, 6.07) is 7.50. The van der Waals surface area contributed by atoms with E-state index in [4.69, 9.17) is 16.7 Å². The molecule has 0 radical (unpaired) electrons. The van der Waals surface area contributed by atoms with E-state index in [1.807, 2.05) is 24.3 Å². The number of hydrogen-bond acceptors (Lipinski definition) is 2. The highest BCUT2D eigenvalue weighted by Gasteiger charge is 2.12. The predicted octanol–water partition coefficient (Wildman–Crippen LogP) is 2.28. The second-order valence-corrected chi connectivity index (χ2v) is 4.35. The fourth-order valence-electron chi connectivity index (χ4n) is 1.70. The zero-order valence-electron chi connectivity index (χ0n) is 10.3. The molecule has 0 aliphatic rings. The van der Waals surface area contributed by atoms with E-state index in [9.17, 15) is 4.79 Å². The van der Waals surface area contributed by atoms with Crippen molar-refractivity contribution in [1.29, 1.82) is 0 Å². The molecule has 0 atom stereocenters. The Morgan fingerprint density at radius 1 is 1.44 bits per heavy atom. The first kappa shape index (κ1) is 14.7. The Morgan fingerprint density at radius 2 is 2.17 bits per heavy atom. The monoisotopic (exact) mass is 267 g/mol. The topological polar surface area (TPSA) is 40.5 Å². The van der Waals surface area contributed by atoms with Crippen LogP contribution < -0.4 is 0 Å². The van der Waals surface area contributed by atoms with Crippen LogP contribution in [0.15, 0.2) is 36.9 Å². The summed E-state index contributed by atoms with van der Waals surface area (Å²) < 4.78 is 0. The number of aliphatic hydroxyl groups excluding tert-OH is 1. The van der Waals surface area contributed by atoms with E-state index in [0.29, 0.717) is 31.0 Å². The first-order chi connectivity index (χ1) is 8.69. The Balaban J connectivity index is 2.53. The SMILES string of the molecule is C=CCN(CCO)C(=O)CCc1ccccc1Cl. The van der Waals surface area contributed by atoms with Gasteiger partial charge in [-0.25, -0.2) is 0 Å². The largest absolute Gasteiger partial charge is 0.395 e. The normalized spacial score (nSPS) is 10.1. The molecule has 1 aromatic carbocycles. The van der Waals surface area contributed by atoms with Crippen LogP contribution in [0.4, 0.5) is 0 Å². The lowest BCUT2D eigenvalue weighted by Crippen LogP contribution is -2.33. The second-order valence-electron chi connectivity index (χ2n) is 3.94. The van der Waals surface area contributed by atoms with Crippen LogP contribution in [0.3, 0.4) is 0 Å². The summed E-state index contributed by atoms with van der Waals surface area (Å²) in [5, 5.41) is 9.58. The Morgan fingerprint density at radius 3 is 2.78 bits per heavy atom. The van der Waals surface area contributed by atoms with Crippen molar-refractivity contribution < 1.29 is 9.90 Å². The zero-order valence-corrected chi connectivity index (χ0v) is 11.1. The molecule has 1 N–H and O–H groups in total. The van der Waals surface area contributed by atoms with E-state index in [1.165, 1.54) is 0 Å². The average molecular weight is 268 g/mol. The molecule has 0 saturated carbocycles. The molecule has 1 amide bonds. The number of rotatable bonds is 7. The third-order valence-corrected chi connectivity index (χ3v) is 3.01. The molecule has 0 unspecified atom stereocenters. The lowest BCUT2D eigenvalue weighted by molar-refractivity contribution is -0.131. The number of amides is 1. The van der Waals surface area contributed by atoms with Gasteiger partial charge in [-0.2, -0.15) is 0 Å². The zero-order chi connectivity index (χ0) is 13.4. The van der Waals surface area contributed by atoms with Gasteiger partial charge < -0.3 is 10.0 Å². The summed E-state index contributed by atoms with van der Waals surface area (Å²) in [5.41, 5.74) is 0.968. The van der Waals surface area contributed by atoms with Crippen molar-refractivity contribution in [3.05, 3.63) is 47.5 Å². The summed E-state index contributed by atoms with van der Waals surface area (Å²) in [5.74, 6) is 0.00358. The fraction of sp³-hybridized carbons (Fsp3) is 0.357. The molecule has 1 rings (SSSR count). The van der Waals surface area contributed by atoms with Gasteiger partial charge in [0.25, 0.3) is 0 Å². The minimum atomic E-state index is -0.0360. The highest BCUT2D eigenvalue weighted by molar-refractivity contribution is 6.31. The van der Waals surface area contributed by atoms with E-state index in [1.54, 1.807) is 11.0 Å². The summed E-state index contributed by atoms with van der Waals surface area (Å²) in [6.07, 6.45) is 2.65. The number of benzene rings is 1. The lowest BCUT2D eigenvalue weighted by atomic mass is 10.1. The Bertz CT molecular complexity index is 407. The summed E-state index contributed by atoms with van der Waals surface area (Å²) >= 11 is 6.03. The molecular formula is C14H18ClNO2. The molecular weight excluding hydrogens is 250 g/mol. The molecule has 4 heteroatoms. The molecule has 3 nitrogen and oxygen atoms in total. The number of carbonyl (C=O) groups excluding carboxylic acids is 1. The molecule has 0 heterocycles. The second kappa shape index (κ2) is 7.90. The number of carbonyl (C=O) groups is 1. The van der Waals surface area contributed by atoms with Crippen molar-refractivity contribution in [1.82, 2.24) is 4.90 Å². The van der Waals surface area contributed by atoms with Crippen LogP contribution in [0.5, 0.6) is 0 Å². The van der Waals surface area contributed by atoms with Gasteiger partial charge in [-0.1, -0.05) is 35.9 Å². The fourth-order valence-corrected chi connectivity index (χ4v) is 1.93. The van der Waals surface area contributed by atoms with Gasteiger partial charge in [-0.3, -0.25) is 4.79 Å². The number of nitrogens with zero attached hydrogens (tertiary/aromatic N) is 1. The molecule has 18 heavy (non-hydrogen) atoms. The van der Waals surface area contributed by atoms with Crippen LogP contribution in [0.1, 0.15) is 12.0 Å². The molecule has 0 bridgehead atoms. The van der Waals surface area contributed by atoms with Crippen LogP contribution in [-0.2, 0) is 11.2 Å². The van der Waals surface area contributed by atoms with Gasteiger partial charge in [-0.05, 0) is 18.1 Å². The molecule has 0 aromatic heterocycles. The first-order valence-corrected chi connectivity index (χ1v) is 6.29. The lowest BCUT2D eigenvalue weighted by Gasteiger charge is -2.20. The first-order valence-electron chi connectivity index (χ1n) is 5.92. The smallest absolute Gasteiger partial charge is 0.223 e. The van der Waals surface area contributed by atoms with E-state index < -0.39 is 0 Å². The van der Waals surface area contributed by atoms with Crippen LogP contribution in [-0.4, -0.2) is 35.6 Å². The molecule has 0 aliphatic carbocycles. The van der Waals surface area contributed by atoms with Crippen LogP contribution >= 0.6 is 11.6 Å². The van der Waals surface area contributed by atoms with Gasteiger partial charge in [0.2, 0.25) is 5.91 Å². The van der Waals surface area contributed by atoms with E-state index in [-0.39, 0.29) is 12.5 Å². The van der Waals surface area contributed by atoms with E-state index >= 15 is 0 Å². The minimum absolute atomic E-state index is 0.00358. The number of halogens is 1. The maximum absolute atomic E-state index is 11.9. The van der Waals surface area contributed by atoms with Gasteiger partial charge in [-0.15, -0.1) is 6.58 Å². The quantitative estimate of drug-likeness (QED) is 0.770. The average Bonchev–Trinajstić information content (AvgIpc) is 2.37. The Labute approximate surface area is 113 Å². The van der Waals surface area contributed by atoms with Crippen LogP contribution in [0, 0.1) is 0 Å². The molecule has 0 spiro atoms. The molecule has 98 valence electrons. The van der Waals surface area contributed by atoms with Gasteiger partial charge in [0, 0.05) is 24.5 Å². The minimum Gasteiger partial charge on any atom is -0.395 e. The Kier molecular flexibility index (Phi) is 6.47. The van der Waals surface area contributed by atoms with Gasteiger partial charge >= 0.3 is 0 Å². The van der Waals surface area contributed by atoms with Crippen molar-refractivity contribution in [2.45, 2.75) is 12.8 Å². The number of aryl methyl sites for hydroxylation is 1. The number of hydrogen-bond donors (Lipinski definition) is 1. The standard InChI is InChI=1S/C14H18ClNO2/c1-2-9-16(10-11-17)14(18)8-7-12-5-3-4-6-13(12)15/h2-6,17H,1,7-11H2. The van der Waals surface area contributed by atoms with Crippen molar-refractivity contribution >= 4 is 17.5 Å². The van der Waals surface area contributed by atoms with E-state index in [2.05, 4.69) is 6.58 Å². The molecule has 0 fully saturated rings. The third-order valence-electron chi connectivity index (χ3n) is 2.64. The summed E-state index contributed by atoms with van der Waals surface area (Å²) in [6.45, 7) is 4.37. The molecule has 0 saturated heterocycles. The predicted molar refractivity (Wildman–Crippen MR) is 73.6 cm³/mol. The highest BCUT2D eigenvalue weighted by atomic mass is 35.5. The maximum Gasteiger partial charge on any atom is 0.223 e. The van der Waals surface area contributed by atoms with Crippen LogP contribution in [0.25, 0.3) is 0 Å². The third kappa shape index (κ3) is 4.51. The number of aliphatic hydroxyl groups is 1. The molecule has 0 aliphatic heterocycles. The maximum atomic E-state index is 11.9. The summed E-state index contributed by atoms with van der Waals surface area (Å²) in [4.78, 5) is 13.5.